The number of nitrogen functional groups attached to an aromatic ring is 1. The first-order chi connectivity index (χ1) is 8.16. The third-order valence-electron chi connectivity index (χ3n) is 2.18. The van der Waals surface area contributed by atoms with Gasteiger partial charge in [-0.05, 0) is 14.1 Å². The molecule has 7 heteroatoms. The van der Waals surface area contributed by atoms with E-state index in [9.17, 15) is 0 Å². The lowest BCUT2D eigenvalue weighted by Gasteiger charge is -2.05. The number of aromatic nitrogens is 4. The number of hydrogen-bond acceptors (Lipinski definition) is 7. The monoisotopic (exact) mass is 234 g/mol. The van der Waals surface area contributed by atoms with Crippen molar-refractivity contribution in [1.29, 1.82) is 0 Å². The number of hydrogen-bond donors (Lipinski definition) is 1. The van der Waals surface area contributed by atoms with E-state index >= 15 is 0 Å². The normalized spacial score (nSPS) is 11.0. The van der Waals surface area contributed by atoms with Crippen molar-refractivity contribution in [1.82, 2.24) is 25.0 Å². The molecule has 0 fully saturated rings. The molecule has 17 heavy (non-hydrogen) atoms. The van der Waals surface area contributed by atoms with E-state index in [1.165, 1.54) is 12.4 Å². The van der Waals surface area contributed by atoms with E-state index in [4.69, 9.17) is 10.3 Å². The van der Waals surface area contributed by atoms with Crippen LogP contribution >= 0.6 is 0 Å². The van der Waals surface area contributed by atoms with E-state index in [1.54, 1.807) is 0 Å². The van der Waals surface area contributed by atoms with Crippen LogP contribution in [0.2, 0.25) is 0 Å². The zero-order chi connectivity index (χ0) is 12.3. The first-order valence-corrected chi connectivity index (χ1v) is 5.21. The molecule has 0 amide bonds. The molecule has 0 aliphatic carbocycles. The van der Waals surface area contributed by atoms with Gasteiger partial charge in [-0.3, -0.25) is 0 Å². The van der Waals surface area contributed by atoms with Crippen LogP contribution in [0.3, 0.4) is 0 Å². The second kappa shape index (κ2) is 4.88. The Bertz CT molecular complexity index is 495. The highest BCUT2D eigenvalue weighted by atomic mass is 16.5. The van der Waals surface area contributed by atoms with Gasteiger partial charge in [0.2, 0.25) is 0 Å². The maximum atomic E-state index is 5.67. The lowest BCUT2D eigenvalue weighted by Crippen LogP contribution is -2.15. The van der Waals surface area contributed by atoms with Crippen molar-refractivity contribution >= 4 is 5.82 Å². The summed E-state index contributed by atoms with van der Waals surface area (Å²) in [6.07, 6.45) is 3.77. The van der Waals surface area contributed by atoms with Crippen LogP contribution in [0.1, 0.15) is 5.82 Å². The molecule has 7 nitrogen and oxygen atoms in total. The number of nitrogens with two attached hydrogens (primary N) is 1. The molecule has 0 aliphatic heterocycles. The summed E-state index contributed by atoms with van der Waals surface area (Å²) < 4.78 is 5.10. The first-order valence-electron chi connectivity index (χ1n) is 5.21. The van der Waals surface area contributed by atoms with Crippen LogP contribution in [0, 0.1) is 0 Å². The van der Waals surface area contributed by atoms with Gasteiger partial charge in [0.15, 0.2) is 17.3 Å². The maximum Gasteiger partial charge on any atom is 0.280 e. The topological polar surface area (TPSA) is 94.0 Å². The number of rotatable bonds is 4. The molecule has 2 aromatic heterocycles. The van der Waals surface area contributed by atoms with Gasteiger partial charge in [0.1, 0.15) is 0 Å². The standard InChI is InChI=1S/C10H14N6O/c1-16(2)6-3-7-14-10(17-15-7)8-9(11)13-5-4-12-8/h4-5H,3,6H2,1-2H3,(H2,11,13). The van der Waals surface area contributed by atoms with Crippen LogP contribution in [0.4, 0.5) is 5.82 Å². The van der Waals surface area contributed by atoms with Gasteiger partial charge in [0, 0.05) is 25.4 Å². The van der Waals surface area contributed by atoms with Crippen LogP contribution in [0.25, 0.3) is 11.6 Å². The van der Waals surface area contributed by atoms with Crippen molar-refractivity contribution in [2.75, 3.05) is 26.4 Å². The summed E-state index contributed by atoms with van der Waals surface area (Å²) in [6, 6.07) is 0. The lowest BCUT2D eigenvalue weighted by molar-refractivity contribution is 0.392. The molecule has 90 valence electrons. The summed E-state index contributed by atoms with van der Waals surface area (Å²) in [5.41, 5.74) is 6.10. The van der Waals surface area contributed by atoms with Crippen molar-refractivity contribution in [3.8, 4) is 11.6 Å². The highest BCUT2D eigenvalue weighted by molar-refractivity contribution is 5.61. The summed E-state index contributed by atoms with van der Waals surface area (Å²) in [4.78, 5) is 14.3. The molecule has 2 N–H and O–H groups in total. The molecule has 0 spiro atoms. The SMILES string of the molecule is CN(C)CCc1noc(-c2nccnc2N)n1. The Labute approximate surface area is 98.7 Å². The fourth-order valence-electron chi connectivity index (χ4n) is 1.29. The van der Waals surface area contributed by atoms with Crippen molar-refractivity contribution in [3.05, 3.63) is 18.2 Å². The Morgan fingerprint density at radius 1 is 1.29 bits per heavy atom. The first kappa shape index (κ1) is 11.5. The minimum absolute atomic E-state index is 0.287. The quantitative estimate of drug-likeness (QED) is 0.808. The van der Waals surface area contributed by atoms with Gasteiger partial charge in [-0.15, -0.1) is 0 Å². The summed E-state index contributed by atoms with van der Waals surface area (Å²) in [5, 5.41) is 3.87. The van der Waals surface area contributed by atoms with Gasteiger partial charge in [0.25, 0.3) is 5.89 Å². The van der Waals surface area contributed by atoms with E-state index in [0.29, 0.717) is 17.4 Å². The van der Waals surface area contributed by atoms with Crippen LogP contribution in [0.5, 0.6) is 0 Å². The third-order valence-corrected chi connectivity index (χ3v) is 2.18. The summed E-state index contributed by atoms with van der Waals surface area (Å²) in [6.45, 7) is 0.856. The molecule has 0 radical (unpaired) electrons. The highest BCUT2D eigenvalue weighted by Gasteiger charge is 2.13. The fourth-order valence-corrected chi connectivity index (χ4v) is 1.29. The number of anilines is 1. The molecular formula is C10H14N6O. The maximum absolute atomic E-state index is 5.67. The molecule has 2 aromatic rings. The lowest BCUT2D eigenvalue weighted by atomic mass is 10.4. The van der Waals surface area contributed by atoms with Crippen molar-refractivity contribution in [3.63, 3.8) is 0 Å². The summed E-state index contributed by atoms with van der Waals surface area (Å²) in [7, 11) is 3.98. The zero-order valence-electron chi connectivity index (χ0n) is 9.79. The molecule has 2 rings (SSSR count). The van der Waals surface area contributed by atoms with Gasteiger partial charge in [-0.25, -0.2) is 9.97 Å². The second-order valence-corrected chi connectivity index (χ2v) is 3.86. The molecule has 0 unspecified atom stereocenters. The molecule has 0 saturated carbocycles. The molecule has 0 aromatic carbocycles. The molecule has 0 atom stereocenters. The van der Waals surface area contributed by atoms with Gasteiger partial charge < -0.3 is 15.2 Å². The van der Waals surface area contributed by atoms with Crippen LogP contribution < -0.4 is 5.73 Å². The van der Waals surface area contributed by atoms with Crippen molar-refractivity contribution in [2.24, 2.45) is 0 Å². The van der Waals surface area contributed by atoms with Crippen molar-refractivity contribution in [2.45, 2.75) is 6.42 Å². The Morgan fingerprint density at radius 2 is 2.06 bits per heavy atom. The third kappa shape index (κ3) is 2.76. The number of nitrogens with zero attached hydrogens (tertiary/aromatic N) is 5. The van der Waals surface area contributed by atoms with Crippen LogP contribution in [0.15, 0.2) is 16.9 Å². The van der Waals surface area contributed by atoms with E-state index in [2.05, 4.69) is 20.1 Å². The number of likely N-dealkylation sites (N-methyl/N-ethyl adjacent to an activating group) is 1. The Hall–Kier alpha value is -2.02. The van der Waals surface area contributed by atoms with E-state index in [0.717, 1.165) is 13.0 Å². The van der Waals surface area contributed by atoms with Gasteiger partial charge in [-0.1, -0.05) is 5.16 Å². The van der Waals surface area contributed by atoms with Crippen molar-refractivity contribution < 1.29 is 4.52 Å². The van der Waals surface area contributed by atoms with Crippen LogP contribution in [-0.4, -0.2) is 45.6 Å². The average Bonchev–Trinajstić information content (AvgIpc) is 2.75. The molecule has 0 saturated heterocycles. The van der Waals surface area contributed by atoms with E-state index in [-0.39, 0.29) is 5.82 Å². The molecule has 0 aliphatic rings. The fraction of sp³-hybridized carbons (Fsp3) is 0.400. The van der Waals surface area contributed by atoms with E-state index in [1.807, 2.05) is 19.0 Å². The second-order valence-electron chi connectivity index (χ2n) is 3.86. The Morgan fingerprint density at radius 3 is 2.76 bits per heavy atom. The average molecular weight is 234 g/mol. The Balaban J connectivity index is 2.16. The summed E-state index contributed by atoms with van der Waals surface area (Å²) in [5.74, 6) is 1.23. The largest absolute Gasteiger partial charge is 0.382 e. The smallest absolute Gasteiger partial charge is 0.280 e. The zero-order valence-corrected chi connectivity index (χ0v) is 9.79. The molecule has 0 bridgehead atoms. The van der Waals surface area contributed by atoms with Gasteiger partial charge in [0.05, 0.1) is 0 Å². The van der Waals surface area contributed by atoms with E-state index < -0.39 is 0 Å². The van der Waals surface area contributed by atoms with Crippen LogP contribution in [-0.2, 0) is 6.42 Å². The molecular weight excluding hydrogens is 220 g/mol. The van der Waals surface area contributed by atoms with Gasteiger partial charge >= 0.3 is 0 Å². The predicted molar refractivity (Wildman–Crippen MR) is 62.0 cm³/mol. The minimum Gasteiger partial charge on any atom is -0.382 e. The predicted octanol–water partition coefficient (Wildman–Crippen LogP) is 0.213. The minimum atomic E-state index is 0.287. The van der Waals surface area contributed by atoms with Gasteiger partial charge in [-0.2, -0.15) is 4.98 Å². The Kier molecular flexibility index (Phi) is 3.29. The summed E-state index contributed by atoms with van der Waals surface area (Å²) >= 11 is 0. The highest BCUT2D eigenvalue weighted by Crippen LogP contribution is 2.18. The molecule has 2 heterocycles.